The molecule has 0 unspecified atom stereocenters. The van der Waals surface area contributed by atoms with Gasteiger partial charge in [0, 0.05) is 5.56 Å². The minimum atomic E-state index is -5.04. The molecule has 6 nitrogen and oxygen atoms in total. The topological polar surface area (TPSA) is 57.2 Å². The lowest BCUT2D eigenvalue weighted by molar-refractivity contribution is -0.143. The molecule has 2 heterocycles. The first-order valence-corrected chi connectivity index (χ1v) is 13.4. The van der Waals surface area contributed by atoms with Crippen LogP contribution in [0.5, 0.6) is 17.2 Å². The molecule has 230 valence electrons. The van der Waals surface area contributed by atoms with Gasteiger partial charge in [0.25, 0.3) is 0 Å². The minimum absolute atomic E-state index is 0.0152. The molecule has 0 radical (unpaired) electrons. The van der Waals surface area contributed by atoms with Crippen LogP contribution in [0.2, 0.25) is 0 Å². The van der Waals surface area contributed by atoms with E-state index in [0.717, 1.165) is 5.56 Å². The van der Waals surface area contributed by atoms with Gasteiger partial charge in [-0.1, -0.05) is 26.8 Å². The minimum Gasteiger partial charge on any atom is -0.496 e. The third kappa shape index (κ3) is 5.92. The Balaban J connectivity index is 1.56. The Morgan fingerprint density at radius 1 is 0.837 bits per heavy atom. The summed E-state index contributed by atoms with van der Waals surface area (Å²) in [5.41, 5.74) is -0.648. The second-order valence-corrected chi connectivity index (χ2v) is 11.5. The average Bonchev–Trinajstić information content (AvgIpc) is 3.49. The number of carbonyl (C=O) groups excluding carboxylic acids is 1. The van der Waals surface area contributed by atoms with Crippen LogP contribution in [0, 0.1) is 0 Å². The second-order valence-electron chi connectivity index (χ2n) is 11.5. The van der Waals surface area contributed by atoms with Gasteiger partial charge in [-0.15, -0.1) is 0 Å². The smallest absolute Gasteiger partial charge is 0.416 e. The van der Waals surface area contributed by atoms with Gasteiger partial charge >= 0.3 is 18.4 Å². The van der Waals surface area contributed by atoms with Crippen LogP contribution in [0.1, 0.15) is 61.6 Å². The molecular weight excluding hydrogens is 580 g/mol. The van der Waals surface area contributed by atoms with Crippen LogP contribution in [-0.2, 0) is 29.0 Å². The maximum atomic E-state index is 13.5. The molecule has 0 spiro atoms. The van der Waals surface area contributed by atoms with Gasteiger partial charge in [0.05, 0.1) is 30.8 Å². The van der Waals surface area contributed by atoms with Crippen LogP contribution < -0.4 is 14.2 Å². The number of nitrogens with zero attached hydrogens (tertiary/aromatic N) is 1. The summed E-state index contributed by atoms with van der Waals surface area (Å²) in [6.45, 7) is 7.57. The zero-order chi connectivity index (χ0) is 31.5. The number of methoxy groups -OCH3 is 1. The summed E-state index contributed by atoms with van der Waals surface area (Å²) in [6, 6.07) is 9.50. The van der Waals surface area contributed by atoms with E-state index in [1.807, 2.05) is 18.2 Å². The number of hydrogen-bond donors (Lipinski definition) is 0. The maximum Gasteiger partial charge on any atom is 0.416 e. The van der Waals surface area contributed by atoms with E-state index in [4.69, 9.17) is 18.9 Å². The van der Waals surface area contributed by atoms with Crippen LogP contribution in [0.3, 0.4) is 0 Å². The Labute approximate surface area is 244 Å². The van der Waals surface area contributed by atoms with E-state index in [1.54, 1.807) is 12.1 Å². The van der Waals surface area contributed by atoms with Gasteiger partial charge in [0.2, 0.25) is 6.79 Å². The lowest BCUT2D eigenvalue weighted by atomic mass is 9.84. The van der Waals surface area contributed by atoms with Crippen molar-refractivity contribution in [2.75, 3.05) is 13.9 Å². The molecule has 2 atom stereocenters. The van der Waals surface area contributed by atoms with Crippen LogP contribution in [0.4, 0.5) is 31.1 Å². The van der Waals surface area contributed by atoms with Crippen molar-refractivity contribution >= 4 is 6.09 Å². The van der Waals surface area contributed by atoms with E-state index in [2.05, 4.69) is 20.8 Å². The van der Waals surface area contributed by atoms with Gasteiger partial charge in [-0.2, -0.15) is 26.3 Å². The number of halogens is 6. The van der Waals surface area contributed by atoms with E-state index in [1.165, 1.54) is 18.9 Å². The number of fused-ring (bicyclic) bond motifs is 1. The van der Waals surface area contributed by atoms with Gasteiger partial charge in [0.15, 0.2) is 11.5 Å². The molecule has 0 N–H and O–H groups in total. The molecule has 5 rings (SSSR count). The second kappa shape index (κ2) is 10.6. The van der Waals surface area contributed by atoms with Gasteiger partial charge in [-0.25, -0.2) is 4.79 Å². The number of carbonyl (C=O) groups is 1. The highest BCUT2D eigenvalue weighted by atomic mass is 19.4. The summed E-state index contributed by atoms with van der Waals surface area (Å²) < 4.78 is 103. The van der Waals surface area contributed by atoms with Gasteiger partial charge in [0.1, 0.15) is 11.9 Å². The number of amides is 1. The van der Waals surface area contributed by atoms with Crippen molar-refractivity contribution in [2.45, 2.75) is 64.2 Å². The number of ether oxygens (including phenoxy) is 4. The molecule has 3 aromatic carbocycles. The Kier molecular flexibility index (Phi) is 7.46. The normalized spacial score (nSPS) is 18.7. The fourth-order valence-electron chi connectivity index (χ4n) is 5.24. The number of alkyl halides is 6. The van der Waals surface area contributed by atoms with Gasteiger partial charge < -0.3 is 18.9 Å². The van der Waals surface area contributed by atoms with Crippen LogP contribution in [-0.4, -0.2) is 30.9 Å². The van der Waals surface area contributed by atoms with Crippen molar-refractivity contribution in [2.24, 2.45) is 0 Å². The Hall–Kier alpha value is -4.09. The summed E-state index contributed by atoms with van der Waals surface area (Å²) in [4.78, 5) is 14.4. The highest BCUT2D eigenvalue weighted by Gasteiger charge is 2.43. The fourth-order valence-corrected chi connectivity index (χ4v) is 5.24. The molecule has 43 heavy (non-hydrogen) atoms. The molecule has 1 fully saturated rings. The van der Waals surface area contributed by atoms with Crippen molar-refractivity contribution in [1.82, 2.24) is 4.90 Å². The number of benzene rings is 3. The van der Waals surface area contributed by atoms with Gasteiger partial charge in [-0.05, 0) is 77.1 Å². The number of cyclic esters (lactones) is 1. The summed E-state index contributed by atoms with van der Waals surface area (Å²) in [5.74, 6) is 1.45. The van der Waals surface area contributed by atoms with Crippen molar-refractivity contribution in [3.05, 3.63) is 76.3 Å². The standard InChI is InChI=1S/C31H29F6NO5/c1-16-27(17-8-20(30(32,33)34)11-21(9-17)31(35,36)37)43-28(39)38(16)14-18-10-25-26(42-15-41-25)13-22(18)23-12-19(29(2,3)4)6-7-24(23)40-5/h6-13,16,27H,14-15H2,1-5H3/t16-,27-/m0/s1. The molecule has 2 aliphatic rings. The average molecular weight is 610 g/mol. The van der Waals surface area contributed by atoms with E-state index in [-0.39, 0.29) is 24.8 Å². The summed E-state index contributed by atoms with van der Waals surface area (Å²) in [5, 5.41) is 0. The van der Waals surface area contributed by atoms with Crippen molar-refractivity contribution in [3.8, 4) is 28.4 Å². The number of hydrogen-bond acceptors (Lipinski definition) is 5. The highest BCUT2D eigenvalue weighted by Crippen LogP contribution is 2.45. The van der Waals surface area contributed by atoms with Crippen molar-refractivity contribution in [3.63, 3.8) is 0 Å². The predicted molar refractivity (Wildman–Crippen MR) is 144 cm³/mol. The molecular formula is C31H29F6NO5. The first-order chi connectivity index (χ1) is 20.0. The third-order valence-corrected chi connectivity index (χ3v) is 7.63. The van der Waals surface area contributed by atoms with E-state index in [0.29, 0.717) is 46.1 Å². The van der Waals surface area contributed by atoms with Crippen LogP contribution >= 0.6 is 0 Å². The highest BCUT2D eigenvalue weighted by molar-refractivity contribution is 5.78. The summed E-state index contributed by atoms with van der Waals surface area (Å²) in [7, 11) is 1.52. The quantitative estimate of drug-likeness (QED) is 0.272. The first kappa shape index (κ1) is 30.4. The van der Waals surface area contributed by atoms with E-state index >= 15 is 0 Å². The SMILES string of the molecule is COc1ccc(C(C)(C)C)cc1-c1cc2c(cc1CN1C(=O)O[C@H](c3cc(C(F)(F)F)cc(C(F)(F)F)c3)[C@@H]1C)OCO2. The Morgan fingerprint density at radius 3 is 2.00 bits per heavy atom. The molecule has 0 aromatic heterocycles. The lowest BCUT2D eigenvalue weighted by Gasteiger charge is -2.25. The molecule has 2 aliphatic heterocycles. The van der Waals surface area contributed by atoms with E-state index in [9.17, 15) is 31.1 Å². The van der Waals surface area contributed by atoms with Gasteiger partial charge in [-0.3, -0.25) is 4.90 Å². The summed E-state index contributed by atoms with van der Waals surface area (Å²) >= 11 is 0. The molecule has 1 amide bonds. The third-order valence-electron chi connectivity index (χ3n) is 7.63. The molecule has 0 aliphatic carbocycles. The van der Waals surface area contributed by atoms with Crippen LogP contribution in [0.15, 0.2) is 48.5 Å². The molecule has 0 saturated carbocycles. The molecule has 1 saturated heterocycles. The van der Waals surface area contributed by atoms with Crippen LogP contribution in [0.25, 0.3) is 11.1 Å². The fraction of sp³-hybridized carbons (Fsp3) is 0.387. The maximum absolute atomic E-state index is 13.5. The first-order valence-electron chi connectivity index (χ1n) is 13.4. The molecule has 0 bridgehead atoms. The zero-order valence-electron chi connectivity index (χ0n) is 23.9. The van der Waals surface area contributed by atoms with Crippen molar-refractivity contribution in [1.29, 1.82) is 0 Å². The molecule has 3 aromatic rings. The largest absolute Gasteiger partial charge is 0.496 e. The monoisotopic (exact) mass is 609 g/mol. The zero-order valence-corrected chi connectivity index (χ0v) is 23.9. The Bertz CT molecular complexity index is 1530. The Morgan fingerprint density at radius 2 is 1.44 bits per heavy atom. The summed E-state index contributed by atoms with van der Waals surface area (Å²) in [6.07, 6.45) is -12.3. The van der Waals surface area contributed by atoms with Crippen molar-refractivity contribution < 1.29 is 50.1 Å². The predicted octanol–water partition coefficient (Wildman–Crippen LogP) is 8.51. The number of rotatable bonds is 5. The molecule has 12 heteroatoms. The lowest BCUT2D eigenvalue weighted by Crippen LogP contribution is -2.31. The van der Waals surface area contributed by atoms with E-state index < -0.39 is 47.3 Å².